The van der Waals surface area contributed by atoms with Crippen LogP contribution >= 0.6 is 0 Å². The van der Waals surface area contributed by atoms with Crippen molar-refractivity contribution in [1.82, 2.24) is 5.32 Å². The standard InChI is InChI=1S/C44H59NO17/c1-21-26-27(57-22(2)46)31(48)42(11)24(47)18-25-43(20-56-25,62-37(53)55-12)29(42)32(59-33(49)23-16-14-13-15-17-23)44(54,40(26,8)9)19-41(21,10)60-34(50)28-30(39(6,7)35(51)58-28)45-36(52)61-38(3,4)5/h13-17,24-25,27-30,32,35,47,51,54H,18-20H2,1-12H3,(H,45,52)/t24?,25-,27-,28?,29?,30-,32?,35?,41+,42-,43+,44-/m1/s1. The number of hydrogen-bond acceptors (Lipinski definition) is 17. The molecule has 1 amide bonds. The summed E-state index contributed by atoms with van der Waals surface area (Å²) in [6, 6.07) is 6.55. The Morgan fingerprint density at radius 2 is 1.56 bits per heavy atom. The quantitative estimate of drug-likeness (QED) is 0.174. The number of aliphatic hydroxyl groups excluding tert-OH is 2. The van der Waals surface area contributed by atoms with E-state index in [1.165, 1.54) is 32.9 Å². The number of carbonyl (C=O) groups is 6. The number of hydrogen-bond donors (Lipinski definition) is 4. The average Bonchev–Trinajstić information content (AvgIpc) is 3.38. The number of nitrogens with one attached hydrogen (secondary N) is 1. The maximum Gasteiger partial charge on any atom is 0.508 e. The molecule has 18 nitrogen and oxygen atoms in total. The van der Waals surface area contributed by atoms with Gasteiger partial charge in [-0.25, -0.2) is 19.2 Å². The summed E-state index contributed by atoms with van der Waals surface area (Å²) >= 11 is 0. The van der Waals surface area contributed by atoms with Crippen molar-refractivity contribution in [1.29, 1.82) is 0 Å². The van der Waals surface area contributed by atoms with Crippen LogP contribution in [0.5, 0.6) is 0 Å². The number of methoxy groups -OCH3 is 1. The number of carbonyl (C=O) groups excluding carboxylic acids is 6. The van der Waals surface area contributed by atoms with Crippen molar-refractivity contribution < 1.29 is 82.0 Å². The second-order valence-corrected chi connectivity index (χ2v) is 19.6. The lowest BCUT2D eigenvalue weighted by atomic mass is 9.44. The zero-order chi connectivity index (χ0) is 46.3. The molecule has 1 aromatic rings. The molecule has 2 saturated heterocycles. The molecule has 0 radical (unpaired) electrons. The number of aliphatic hydroxyl groups is 3. The van der Waals surface area contributed by atoms with Crippen molar-refractivity contribution in [3.8, 4) is 0 Å². The summed E-state index contributed by atoms with van der Waals surface area (Å²) in [5.74, 6) is -5.53. The van der Waals surface area contributed by atoms with Gasteiger partial charge in [-0.1, -0.05) is 45.9 Å². The predicted octanol–water partition coefficient (Wildman–Crippen LogP) is 3.45. The average molecular weight is 874 g/mol. The first kappa shape index (κ1) is 46.9. The van der Waals surface area contributed by atoms with Crippen LogP contribution in [0.2, 0.25) is 0 Å². The lowest BCUT2D eigenvalue weighted by molar-refractivity contribution is -0.345. The highest BCUT2D eigenvalue weighted by molar-refractivity contribution is 5.95. The van der Waals surface area contributed by atoms with Gasteiger partial charge in [0, 0.05) is 30.6 Å². The van der Waals surface area contributed by atoms with Gasteiger partial charge in [0.2, 0.25) is 0 Å². The summed E-state index contributed by atoms with van der Waals surface area (Å²) < 4.78 is 46.6. The number of rotatable bonds is 7. The van der Waals surface area contributed by atoms with Crippen molar-refractivity contribution in [3.63, 3.8) is 0 Å². The van der Waals surface area contributed by atoms with E-state index >= 15 is 4.79 Å². The van der Waals surface area contributed by atoms with E-state index in [0.717, 1.165) is 14.0 Å². The third kappa shape index (κ3) is 7.34. The molecule has 4 fully saturated rings. The molecule has 12 atom stereocenters. The molecule has 62 heavy (non-hydrogen) atoms. The van der Waals surface area contributed by atoms with Gasteiger partial charge in [0.1, 0.15) is 29.0 Å². The number of Topliss-reactive ketones (excluding diaryl/α,β-unsaturated/α-hetero) is 1. The second kappa shape index (κ2) is 15.6. The van der Waals surface area contributed by atoms with Crippen LogP contribution in [0.3, 0.4) is 0 Å². The molecular weight excluding hydrogens is 814 g/mol. The molecule has 4 N–H and O–H groups in total. The van der Waals surface area contributed by atoms with Crippen LogP contribution in [0.4, 0.5) is 9.59 Å². The van der Waals surface area contributed by atoms with Gasteiger partial charge >= 0.3 is 30.2 Å². The molecule has 0 spiro atoms. The predicted molar refractivity (Wildman–Crippen MR) is 213 cm³/mol. The van der Waals surface area contributed by atoms with E-state index in [1.807, 2.05) is 0 Å². The Balaban J connectivity index is 1.58. The first-order valence-corrected chi connectivity index (χ1v) is 20.6. The van der Waals surface area contributed by atoms with Gasteiger partial charge in [-0.05, 0) is 64.8 Å². The van der Waals surface area contributed by atoms with Crippen molar-refractivity contribution in [3.05, 3.63) is 47.0 Å². The van der Waals surface area contributed by atoms with E-state index in [-0.39, 0.29) is 23.1 Å². The lowest BCUT2D eigenvalue weighted by Crippen LogP contribution is -2.82. The Morgan fingerprint density at radius 3 is 2.11 bits per heavy atom. The zero-order valence-electron chi connectivity index (χ0n) is 37.2. The number of amides is 1. The molecule has 2 aliphatic heterocycles. The van der Waals surface area contributed by atoms with Crippen LogP contribution in [0.25, 0.3) is 0 Å². The maximum atomic E-state index is 15.6. The number of esters is 3. The number of ketones is 1. The van der Waals surface area contributed by atoms with Crippen LogP contribution in [-0.2, 0) is 52.3 Å². The highest BCUT2D eigenvalue weighted by Gasteiger charge is 2.79. The van der Waals surface area contributed by atoms with Crippen LogP contribution in [-0.4, -0.2) is 130 Å². The SMILES string of the molecule is COC(=O)O[C@@]12CO[C@@H]1CC(O)[C@@]1(C)C(=O)[C@H](OC(C)=O)C3=C(C)[C@@](C)(OC(=O)C4OC(O)C(C)(C)[C@@H]4NC(=O)OC(C)(C)C)C[C@@](O)(C(OC(=O)c4ccccc4)C12)C3(C)C. The second-order valence-electron chi connectivity index (χ2n) is 19.6. The smallest absolute Gasteiger partial charge is 0.455 e. The third-order valence-corrected chi connectivity index (χ3v) is 13.9. The largest absolute Gasteiger partial charge is 0.508 e. The number of alkyl carbamates (subject to hydrolysis) is 1. The van der Waals surface area contributed by atoms with Gasteiger partial charge in [-0.15, -0.1) is 0 Å². The fourth-order valence-electron chi connectivity index (χ4n) is 10.3. The van der Waals surface area contributed by atoms with E-state index in [4.69, 9.17) is 37.9 Å². The molecule has 342 valence electrons. The van der Waals surface area contributed by atoms with E-state index in [2.05, 4.69) is 5.32 Å². The Bertz CT molecular complexity index is 2040. The number of benzene rings is 1. The van der Waals surface area contributed by atoms with Gasteiger partial charge in [0.15, 0.2) is 29.9 Å². The van der Waals surface area contributed by atoms with Gasteiger partial charge in [0.25, 0.3) is 0 Å². The molecule has 3 aliphatic carbocycles. The van der Waals surface area contributed by atoms with E-state index in [9.17, 15) is 39.3 Å². The summed E-state index contributed by atoms with van der Waals surface area (Å²) in [4.78, 5) is 83.8. The van der Waals surface area contributed by atoms with Crippen LogP contribution < -0.4 is 5.32 Å². The van der Waals surface area contributed by atoms with Gasteiger partial charge in [-0.3, -0.25) is 9.59 Å². The van der Waals surface area contributed by atoms with E-state index in [1.54, 1.807) is 66.7 Å². The number of fused-ring (bicyclic) bond motifs is 5. The Morgan fingerprint density at radius 1 is 0.935 bits per heavy atom. The molecule has 2 saturated carbocycles. The van der Waals surface area contributed by atoms with Crippen LogP contribution in [0, 0.1) is 22.2 Å². The lowest BCUT2D eigenvalue weighted by Gasteiger charge is -2.67. The molecule has 6 rings (SSSR count). The van der Waals surface area contributed by atoms with Crippen LogP contribution in [0.1, 0.15) is 99.4 Å². The first-order valence-electron chi connectivity index (χ1n) is 20.6. The minimum absolute atomic E-state index is 0.0274. The molecule has 18 heteroatoms. The normalized spacial score (nSPS) is 38.1. The minimum atomic E-state index is -2.46. The topological polar surface area (TPSA) is 249 Å². The van der Waals surface area contributed by atoms with Crippen molar-refractivity contribution >= 4 is 35.9 Å². The highest BCUT2D eigenvalue weighted by Crippen LogP contribution is 2.65. The fourth-order valence-corrected chi connectivity index (χ4v) is 10.3. The van der Waals surface area contributed by atoms with Gasteiger partial charge < -0.3 is 58.5 Å². The molecule has 0 aromatic heterocycles. The number of ether oxygens (including phenoxy) is 8. The zero-order valence-corrected chi connectivity index (χ0v) is 37.2. The Kier molecular flexibility index (Phi) is 11.8. The van der Waals surface area contributed by atoms with E-state index in [0.29, 0.717) is 0 Å². The van der Waals surface area contributed by atoms with Crippen molar-refractivity contribution in [2.45, 2.75) is 154 Å². The highest BCUT2D eigenvalue weighted by atomic mass is 16.8. The van der Waals surface area contributed by atoms with Crippen molar-refractivity contribution in [2.24, 2.45) is 22.2 Å². The summed E-state index contributed by atoms with van der Waals surface area (Å²) in [5.41, 5.74) is -12.2. The molecule has 2 heterocycles. The molecule has 1 aromatic carbocycles. The van der Waals surface area contributed by atoms with Crippen LogP contribution in [0.15, 0.2) is 41.5 Å². The Labute approximate surface area is 359 Å². The minimum Gasteiger partial charge on any atom is -0.455 e. The molecule has 5 aliphatic rings. The van der Waals surface area contributed by atoms with E-state index < -0.39 is 136 Å². The van der Waals surface area contributed by atoms with Crippen molar-refractivity contribution in [2.75, 3.05) is 13.7 Å². The molecule has 2 bridgehead atoms. The summed E-state index contributed by atoms with van der Waals surface area (Å²) in [6.45, 7) is 16.2. The monoisotopic (exact) mass is 873 g/mol. The summed E-state index contributed by atoms with van der Waals surface area (Å²) in [7, 11) is 1.07. The maximum absolute atomic E-state index is 15.6. The van der Waals surface area contributed by atoms with Gasteiger partial charge in [0.05, 0.1) is 42.8 Å². The van der Waals surface area contributed by atoms with Gasteiger partial charge in [-0.2, -0.15) is 0 Å². The molecule has 5 unspecified atom stereocenters. The first-order chi connectivity index (χ1) is 28.5. The third-order valence-electron chi connectivity index (χ3n) is 13.9. The molecular formula is C44H59NO17. The summed E-state index contributed by atoms with van der Waals surface area (Å²) in [6.07, 6.45) is -12.7. The fraction of sp³-hybridized carbons (Fsp3) is 0.682. The Hall–Kier alpha value is -4.62. The summed E-state index contributed by atoms with van der Waals surface area (Å²) in [5, 5.41) is 39.6.